The van der Waals surface area contributed by atoms with Gasteiger partial charge in [-0.15, -0.1) is 0 Å². The van der Waals surface area contributed by atoms with Crippen molar-refractivity contribution in [2.24, 2.45) is 0 Å². The summed E-state index contributed by atoms with van der Waals surface area (Å²) in [5.41, 5.74) is 6.49. The SMILES string of the molecule is C[C@H](NC(=O)O[C@H]1CNC(C(c2ccc(C(C)(C)C)cc2)c2ccc(C(C)(C)C)cc2)C1)c1ccccc1. The molecule has 3 atom stereocenters. The molecule has 3 aromatic carbocycles. The molecule has 2 N–H and O–H groups in total. The summed E-state index contributed by atoms with van der Waals surface area (Å²) in [7, 11) is 0. The first-order chi connectivity index (χ1) is 17.9. The Morgan fingerprint density at radius 1 is 0.789 bits per heavy atom. The zero-order valence-corrected chi connectivity index (χ0v) is 24.0. The molecular weight excluding hydrogens is 468 g/mol. The molecule has 4 heteroatoms. The smallest absolute Gasteiger partial charge is 0.407 e. The lowest BCUT2D eigenvalue weighted by atomic mass is 9.80. The van der Waals surface area contributed by atoms with Gasteiger partial charge in [-0.1, -0.05) is 120 Å². The minimum absolute atomic E-state index is 0.107. The molecule has 3 aromatic rings. The molecule has 1 aliphatic rings. The van der Waals surface area contributed by atoms with Gasteiger partial charge in [0, 0.05) is 24.9 Å². The second kappa shape index (κ2) is 11.3. The fourth-order valence-corrected chi connectivity index (χ4v) is 5.30. The van der Waals surface area contributed by atoms with Gasteiger partial charge in [0.05, 0.1) is 6.04 Å². The number of nitrogens with one attached hydrogen (secondary N) is 2. The molecule has 1 aliphatic heterocycles. The molecule has 1 amide bonds. The van der Waals surface area contributed by atoms with E-state index in [1.54, 1.807) is 0 Å². The molecule has 0 saturated carbocycles. The molecule has 4 rings (SSSR count). The van der Waals surface area contributed by atoms with Gasteiger partial charge in [0.2, 0.25) is 0 Å². The number of rotatable bonds is 6. The molecular formula is C34H44N2O2. The van der Waals surface area contributed by atoms with Gasteiger partial charge in [-0.25, -0.2) is 4.79 Å². The normalized spacial score (nSPS) is 18.8. The van der Waals surface area contributed by atoms with Gasteiger partial charge in [0.1, 0.15) is 6.10 Å². The topological polar surface area (TPSA) is 50.4 Å². The predicted octanol–water partition coefficient (Wildman–Crippen LogP) is 7.63. The summed E-state index contributed by atoms with van der Waals surface area (Å²) in [5.74, 6) is 0.165. The van der Waals surface area contributed by atoms with Crippen LogP contribution in [0.5, 0.6) is 0 Å². The molecule has 0 aromatic heterocycles. The van der Waals surface area contributed by atoms with Crippen LogP contribution in [0.1, 0.15) is 94.7 Å². The molecule has 0 bridgehead atoms. The average Bonchev–Trinajstić information content (AvgIpc) is 3.32. The Morgan fingerprint density at radius 2 is 1.29 bits per heavy atom. The van der Waals surface area contributed by atoms with Crippen molar-refractivity contribution in [3.05, 3.63) is 107 Å². The summed E-state index contributed by atoms with van der Waals surface area (Å²) in [6, 6.07) is 28.1. The number of carbonyl (C=O) groups excluding carboxylic acids is 1. The fourth-order valence-electron chi connectivity index (χ4n) is 5.30. The summed E-state index contributed by atoms with van der Waals surface area (Å²) < 4.78 is 5.87. The lowest BCUT2D eigenvalue weighted by molar-refractivity contribution is 0.103. The first kappa shape index (κ1) is 27.9. The Morgan fingerprint density at radius 3 is 1.76 bits per heavy atom. The van der Waals surface area contributed by atoms with Gasteiger partial charge in [-0.3, -0.25) is 0 Å². The summed E-state index contributed by atoms with van der Waals surface area (Å²) in [5, 5.41) is 6.66. The van der Waals surface area contributed by atoms with E-state index in [2.05, 4.69) is 101 Å². The highest BCUT2D eigenvalue weighted by molar-refractivity contribution is 5.68. The van der Waals surface area contributed by atoms with Crippen LogP contribution in [0, 0.1) is 0 Å². The van der Waals surface area contributed by atoms with Gasteiger partial charge in [-0.05, 0) is 45.6 Å². The van der Waals surface area contributed by atoms with Crippen molar-refractivity contribution in [1.29, 1.82) is 0 Å². The van der Waals surface area contributed by atoms with Crippen LogP contribution in [0.4, 0.5) is 4.79 Å². The fraction of sp³-hybridized carbons (Fsp3) is 0.441. The van der Waals surface area contributed by atoms with E-state index < -0.39 is 0 Å². The molecule has 38 heavy (non-hydrogen) atoms. The number of ether oxygens (including phenoxy) is 1. The van der Waals surface area contributed by atoms with Gasteiger partial charge in [-0.2, -0.15) is 0 Å². The van der Waals surface area contributed by atoms with E-state index in [0.29, 0.717) is 6.54 Å². The molecule has 0 aliphatic carbocycles. The van der Waals surface area contributed by atoms with Gasteiger partial charge in [0.15, 0.2) is 0 Å². The minimum atomic E-state index is -0.366. The van der Waals surface area contributed by atoms with Crippen molar-refractivity contribution >= 4 is 6.09 Å². The van der Waals surface area contributed by atoms with Crippen LogP contribution >= 0.6 is 0 Å². The highest BCUT2D eigenvalue weighted by atomic mass is 16.6. The molecule has 4 nitrogen and oxygen atoms in total. The standard InChI is InChI=1S/C34H44N2O2/c1-23(24-11-9-8-10-12-24)36-32(37)38-29-21-30(35-22-29)31(25-13-17-27(18-14-25)33(2,3)4)26-15-19-28(20-16-26)34(5,6)7/h8-20,23,29-31,35H,21-22H2,1-7H3,(H,36,37)/t23-,29+,30?/m0/s1. The third kappa shape index (κ3) is 6.85. The predicted molar refractivity (Wildman–Crippen MR) is 157 cm³/mol. The lowest BCUT2D eigenvalue weighted by Crippen LogP contribution is -2.31. The van der Waals surface area contributed by atoms with Crippen LogP contribution in [0.2, 0.25) is 0 Å². The van der Waals surface area contributed by atoms with E-state index in [0.717, 1.165) is 12.0 Å². The van der Waals surface area contributed by atoms with Crippen molar-refractivity contribution in [2.45, 2.75) is 89.8 Å². The van der Waals surface area contributed by atoms with E-state index in [9.17, 15) is 4.79 Å². The number of carbonyl (C=O) groups is 1. The summed E-state index contributed by atoms with van der Waals surface area (Å²) in [6.07, 6.45) is 0.224. The van der Waals surface area contributed by atoms with Crippen molar-refractivity contribution in [3.63, 3.8) is 0 Å². The summed E-state index contributed by atoms with van der Waals surface area (Å²) in [6.45, 7) is 16.1. The van der Waals surface area contributed by atoms with Crippen LogP contribution in [0.15, 0.2) is 78.9 Å². The lowest BCUT2D eigenvalue weighted by Gasteiger charge is -2.27. The third-order valence-corrected chi connectivity index (χ3v) is 7.71. The van der Waals surface area contributed by atoms with Crippen LogP contribution in [0.25, 0.3) is 0 Å². The number of benzene rings is 3. The maximum atomic E-state index is 12.7. The van der Waals surface area contributed by atoms with Crippen molar-refractivity contribution < 1.29 is 9.53 Å². The quantitative estimate of drug-likeness (QED) is 0.357. The highest BCUT2D eigenvalue weighted by Crippen LogP contribution is 2.35. The van der Waals surface area contributed by atoms with E-state index in [1.807, 2.05) is 37.3 Å². The maximum Gasteiger partial charge on any atom is 0.407 e. The molecule has 0 radical (unpaired) electrons. The van der Waals surface area contributed by atoms with Crippen LogP contribution < -0.4 is 10.6 Å². The van der Waals surface area contributed by atoms with Gasteiger partial charge in [0.25, 0.3) is 0 Å². The highest BCUT2D eigenvalue weighted by Gasteiger charge is 2.35. The van der Waals surface area contributed by atoms with E-state index in [4.69, 9.17) is 4.74 Å². The van der Waals surface area contributed by atoms with Crippen molar-refractivity contribution in [1.82, 2.24) is 10.6 Å². The molecule has 1 unspecified atom stereocenters. The average molecular weight is 513 g/mol. The molecule has 1 fully saturated rings. The van der Waals surface area contributed by atoms with Crippen LogP contribution in [0.3, 0.4) is 0 Å². The Balaban J connectivity index is 1.51. The number of alkyl carbamates (subject to hydrolysis) is 1. The second-order valence-corrected chi connectivity index (χ2v) is 12.8. The zero-order valence-electron chi connectivity index (χ0n) is 24.0. The monoisotopic (exact) mass is 512 g/mol. The Bertz CT molecular complexity index is 1130. The Kier molecular flexibility index (Phi) is 8.32. The Labute approximate surface area is 229 Å². The largest absolute Gasteiger partial charge is 0.445 e. The van der Waals surface area contributed by atoms with Crippen molar-refractivity contribution in [2.75, 3.05) is 6.54 Å². The van der Waals surface area contributed by atoms with Gasteiger partial charge >= 0.3 is 6.09 Å². The van der Waals surface area contributed by atoms with Gasteiger partial charge < -0.3 is 15.4 Å². The third-order valence-electron chi connectivity index (χ3n) is 7.71. The number of hydrogen-bond donors (Lipinski definition) is 2. The number of amides is 1. The molecule has 0 spiro atoms. The molecule has 1 heterocycles. The van der Waals surface area contributed by atoms with Crippen LogP contribution in [-0.4, -0.2) is 24.8 Å². The molecule has 1 saturated heterocycles. The Hall–Kier alpha value is -3.11. The van der Waals surface area contributed by atoms with E-state index >= 15 is 0 Å². The van der Waals surface area contributed by atoms with E-state index in [1.165, 1.54) is 22.3 Å². The van der Waals surface area contributed by atoms with E-state index in [-0.39, 0.29) is 41.0 Å². The summed E-state index contributed by atoms with van der Waals surface area (Å²) in [4.78, 5) is 12.7. The van der Waals surface area contributed by atoms with Crippen LogP contribution in [-0.2, 0) is 15.6 Å². The first-order valence-electron chi connectivity index (χ1n) is 13.9. The maximum absolute atomic E-state index is 12.7. The summed E-state index contributed by atoms with van der Waals surface area (Å²) >= 11 is 0. The molecule has 202 valence electrons. The zero-order chi connectivity index (χ0) is 27.5. The number of hydrogen-bond acceptors (Lipinski definition) is 3. The second-order valence-electron chi connectivity index (χ2n) is 12.8. The van der Waals surface area contributed by atoms with Crippen molar-refractivity contribution in [3.8, 4) is 0 Å². The minimum Gasteiger partial charge on any atom is -0.445 e. The first-order valence-corrected chi connectivity index (χ1v) is 13.9.